The molecule has 0 saturated heterocycles. The zero-order valence-corrected chi connectivity index (χ0v) is 8.33. The Morgan fingerprint density at radius 3 is 2.92 bits per heavy atom. The molecule has 0 aliphatic heterocycles. The number of anilines is 2. The van der Waals surface area contributed by atoms with Crippen LogP contribution in [0, 0.1) is 6.92 Å². The lowest BCUT2D eigenvalue weighted by Gasteiger charge is -2.13. The molecule has 0 bridgehead atoms. The molecule has 3 N–H and O–H groups in total. The molecule has 0 amide bonds. The van der Waals surface area contributed by atoms with Crippen LogP contribution >= 0.6 is 0 Å². The van der Waals surface area contributed by atoms with E-state index in [2.05, 4.69) is 29.1 Å². The Morgan fingerprint density at radius 1 is 1.62 bits per heavy atom. The molecule has 4 heteroatoms. The van der Waals surface area contributed by atoms with E-state index in [0.717, 1.165) is 17.8 Å². The molecule has 1 aromatic rings. The van der Waals surface area contributed by atoms with E-state index in [4.69, 9.17) is 5.73 Å². The molecule has 0 fully saturated rings. The van der Waals surface area contributed by atoms with E-state index in [-0.39, 0.29) is 0 Å². The summed E-state index contributed by atoms with van der Waals surface area (Å²) in [4.78, 5) is 8.02. The van der Waals surface area contributed by atoms with Crippen molar-refractivity contribution in [3.63, 3.8) is 0 Å². The van der Waals surface area contributed by atoms with Crippen LogP contribution in [-0.4, -0.2) is 16.0 Å². The van der Waals surface area contributed by atoms with Crippen LogP contribution in [0.2, 0.25) is 0 Å². The summed E-state index contributed by atoms with van der Waals surface area (Å²) in [7, 11) is 0. The lowest BCUT2D eigenvalue weighted by molar-refractivity contribution is 0.757. The van der Waals surface area contributed by atoms with Gasteiger partial charge in [0.2, 0.25) is 5.95 Å². The van der Waals surface area contributed by atoms with Crippen molar-refractivity contribution < 1.29 is 0 Å². The zero-order chi connectivity index (χ0) is 9.84. The summed E-state index contributed by atoms with van der Waals surface area (Å²) in [5, 5.41) is 3.27. The molecule has 0 aliphatic rings. The minimum Gasteiger partial charge on any atom is -0.368 e. The molecular formula is C9H16N4. The van der Waals surface area contributed by atoms with Gasteiger partial charge in [-0.1, -0.05) is 6.92 Å². The van der Waals surface area contributed by atoms with Crippen LogP contribution in [-0.2, 0) is 0 Å². The highest BCUT2D eigenvalue weighted by atomic mass is 15.1. The van der Waals surface area contributed by atoms with Gasteiger partial charge in [-0.05, 0) is 20.3 Å². The van der Waals surface area contributed by atoms with Gasteiger partial charge in [-0.3, -0.25) is 0 Å². The Balaban J connectivity index is 2.81. The molecule has 0 spiro atoms. The first-order valence-corrected chi connectivity index (χ1v) is 4.49. The number of nitrogens with two attached hydrogens (primary N) is 1. The fourth-order valence-electron chi connectivity index (χ4n) is 0.937. The molecule has 0 saturated carbocycles. The van der Waals surface area contributed by atoms with Crippen LogP contribution in [0.4, 0.5) is 11.8 Å². The first-order valence-electron chi connectivity index (χ1n) is 4.49. The predicted molar refractivity (Wildman–Crippen MR) is 54.6 cm³/mol. The quantitative estimate of drug-likeness (QED) is 0.741. The van der Waals surface area contributed by atoms with Gasteiger partial charge in [0.25, 0.3) is 0 Å². The number of nitrogens with zero attached hydrogens (tertiary/aromatic N) is 2. The molecule has 0 aliphatic carbocycles. The van der Waals surface area contributed by atoms with Gasteiger partial charge in [-0.25, -0.2) is 4.98 Å². The van der Waals surface area contributed by atoms with Gasteiger partial charge in [-0.15, -0.1) is 0 Å². The number of rotatable bonds is 3. The van der Waals surface area contributed by atoms with Gasteiger partial charge < -0.3 is 11.1 Å². The standard InChI is InChI=1S/C9H16N4/c1-4-7(3)12-8-6(2)5-11-9(10)13-8/h5,7H,4H2,1-3H3,(H3,10,11,12,13)/t7-/m1/s1. The molecule has 1 heterocycles. The molecule has 1 aromatic heterocycles. The minimum atomic E-state index is 0.316. The van der Waals surface area contributed by atoms with Crippen molar-refractivity contribution in [3.05, 3.63) is 11.8 Å². The van der Waals surface area contributed by atoms with Gasteiger partial charge in [-0.2, -0.15) is 4.98 Å². The van der Waals surface area contributed by atoms with E-state index in [1.165, 1.54) is 0 Å². The molecule has 72 valence electrons. The second kappa shape index (κ2) is 4.07. The van der Waals surface area contributed by atoms with E-state index < -0.39 is 0 Å². The normalized spacial score (nSPS) is 12.5. The maximum Gasteiger partial charge on any atom is 0.221 e. The Bertz CT molecular complexity index is 285. The number of aryl methyl sites for hydroxylation is 1. The fourth-order valence-corrected chi connectivity index (χ4v) is 0.937. The average molecular weight is 180 g/mol. The summed E-state index contributed by atoms with van der Waals surface area (Å²) >= 11 is 0. The van der Waals surface area contributed by atoms with E-state index in [0.29, 0.717) is 12.0 Å². The average Bonchev–Trinajstić information content (AvgIpc) is 2.11. The van der Waals surface area contributed by atoms with Crippen LogP contribution in [0.5, 0.6) is 0 Å². The van der Waals surface area contributed by atoms with Gasteiger partial charge in [0.15, 0.2) is 0 Å². The van der Waals surface area contributed by atoms with Crippen molar-refractivity contribution in [1.29, 1.82) is 0 Å². The summed E-state index contributed by atoms with van der Waals surface area (Å²) in [6.07, 6.45) is 2.79. The van der Waals surface area contributed by atoms with Gasteiger partial charge >= 0.3 is 0 Å². The second-order valence-corrected chi connectivity index (χ2v) is 3.21. The highest BCUT2D eigenvalue weighted by molar-refractivity contribution is 5.45. The fraction of sp³-hybridized carbons (Fsp3) is 0.556. The number of nitrogen functional groups attached to an aromatic ring is 1. The zero-order valence-electron chi connectivity index (χ0n) is 8.33. The largest absolute Gasteiger partial charge is 0.368 e. The highest BCUT2D eigenvalue weighted by Gasteiger charge is 2.04. The van der Waals surface area contributed by atoms with E-state index in [1.807, 2.05) is 6.92 Å². The Hall–Kier alpha value is -1.32. The van der Waals surface area contributed by atoms with Gasteiger partial charge in [0.05, 0.1) is 0 Å². The smallest absolute Gasteiger partial charge is 0.221 e. The van der Waals surface area contributed by atoms with Gasteiger partial charge in [0, 0.05) is 17.8 Å². The van der Waals surface area contributed by atoms with Crippen molar-refractivity contribution >= 4 is 11.8 Å². The van der Waals surface area contributed by atoms with Crippen LogP contribution in [0.25, 0.3) is 0 Å². The van der Waals surface area contributed by atoms with Crippen molar-refractivity contribution in [2.24, 2.45) is 0 Å². The summed E-state index contributed by atoms with van der Waals surface area (Å²) in [5.41, 5.74) is 6.51. The number of aromatic nitrogens is 2. The van der Waals surface area contributed by atoms with E-state index in [9.17, 15) is 0 Å². The molecule has 1 atom stereocenters. The maximum absolute atomic E-state index is 5.48. The van der Waals surface area contributed by atoms with E-state index in [1.54, 1.807) is 6.20 Å². The summed E-state index contributed by atoms with van der Waals surface area (Å²) < 4.78 is 0. The van der Waals surface area contributed by atoms with Crippen molar-refractivity contribution in [3.8, 4) is 0 Å². The summed E-state index contributed by atoms with van der Waals surface area (Å²) in [5.74, 6) is 1.15. The Labute approximate surface area is 78.6 Å². The maximum atomic E-state index is 5.48. The third-order valence-corrected chi connectivity index (χ3v) is 1.99. The SMILES string of the molecule is CC[C@@H](C)Nc1nc(N)ncc1C. The van der Waals surface area contributed by atoms with Crippen molar-refractivity contribution in [2.75, 3.05) is 11.1 Å². The third-order valence-electron chi connectivity index (χ3n) is 1.99. The lowest BCUT2D eigenvalue weighted by atomic mass is 10.2. The van der Waals surface area contributed by atoms with Crippen LogP contribution in [0.3, 0.4) is 0 Å². The predicted octanol–water partition coefficient (Wildman–Crippen LogP) is 1.58. The number of hydrogen-bond acceptors (Lipinski definition) is 4. The number of hydrogen-bond donors (Lipinski definition) is 2. The molecule has 0 unspecified atom stereocenters. The van der Waals surface area contributed by atoms with Crippen LogP contribution in [0.15, 0.2) is 6.20 Å². The van der Waals surface area contributed by atoms with E-state index >= 15 is 0 Å². The molecule has 13 heavy (non-hydrogen) atoms. The monoisotopic (exact) mass is 180 g/mol. The molecule has 1 rings (SSSR count). The first-order chi connectivity index (χ1) is 6.13. The Morgan fingerprint density at radius 2 is 2.31 bits per heavy atom. The lowest BCUT2D eigenvalue weighted by Crippen LogP contribution is -2.16. The van der Waals surface area contributed by atoms with Crippen molar-refractivity contribution in [2.45, 2.75) is 33.2 Å². The summed E-state index contributed by atoms with van der Waals surface area (Å²) in [6, 6.07) is 0.410. The molecule has 0 aromatic carbocycles. The number of nitrogens with one attached hydrogen (secondary N) is 1. The Kier molecular flexibility index (Phi) is 3.06. The second-order valence-electron chi connectivity index (χ2n) is 3.21. The van der Waals surface area contributed by atoms with Gasteiger partial charge in [0.1, 0.15) is 5.82 Å². The van der Waals surface area contributed by atoms with Crippen LogP contribution in [0.1, 0.15) is 25.8 Å². The summed E-state index contributed by atoms with van der Waals surface area (Å²) in [6.45, 7) is 6.19. The highest BCUT2D eigenvalue weighted by Crippen LogP contribution is 2.12. The first kappa shape index (κ1) is 9.77. The third kappa shape index (κ3) is 2.57. The minimum absolute atomic E-state index is 0.316. The van der Waals surface area contributed by atoms with Crippen molar-refractivity contribution in [1.82, 2.24) is 9.97 Å². The molecule has 4 nitrogen and oxygen atoms in total. The van der Waals surface area contributed by atoms with Crippen LogP contribution < -0.4 is 11.1 Å². The molecular weight excluding hydrogens is 164 g/mol. The topological polar surface area (TPSA) is 63.8 Å². The molecule has 0 radical (unpaired) electrons.